The molecule has 0 aliphatic heterocycles. The summed E-state index contributed by atoms with van der Waals surface area (Å²) in [5.41, 5.74) is 1.93. The highest BCUT2D eigenvalue weighted by Gasteiger charge is 2.14. The van der Waals surface area contributed by atoms with Crippen LogP contribution in [0.4, 0.5) is 0 Å². The van der Waals surface area contributed by atoms with Crippen LogP contribution in [0.5, 0.6) is 0 Å². The Morgan fingerprint density at radius 2 is 2.00 bits per heavy atom. The van der Waals surface area contributed by atoms with Crippen molar-refractivity contribution in [1.29, 1.82) is 0 Å². The van der Waals surface area contributed by atoms with Crippen LogP contribution < -0.4 is 0 Å². The van der Waals surface area contributed by atoms with Gasteiger partial charge in [0.25, 0.3) is 0 Å². The number of aryl methyl sites for hydroxylation is 1. The Morgan fingerprint density at radius 1 is 1.16 bits per heavy atom. The number of halogens is 1. The molecule has 0 aliphatic rings. The zero-order valence-electron chi connectivity index (χ0n) is 13.9. The molecule has 0 bridgehead atoms. The molecule has 0 fully saturated rings. The summed E-state index contributed by atoms with van der Waals surface area (Å²) >= 11 is 7.82. The van der Waals surface area contributed by atoms with Crippen LogP contribution in [0.3, 0.4) is 0 Å². The molecule has 1 amide bonds. The van der Waals surface area contributed by atoms with E-state index in [2.05, 4.69) is 0 Å². The Morgan fingerprint density at radius 3 is 2.68 bits per heavy atom. The molecule has 0 unspecified atom stereocenters. The van der Waals surface area contributed by atoms with Crippen molar-refractivity contribution in [2.75, 3.05) is 0 Å². The molecule has 0 radical (unpaired) electrons. The fraction of sp³-hybridized carbons (Fsp3) is 0.150. The molecule has 0 saturated carbocycles. The van der Waals surface area contributed by atoms with Gasteiger partial charge in [-0.3, -0.25) is 4.79 Å². The molecule has 25 heavy (non-hydrogen) atoms. The predicted octanol–water partition coefficient (Wildman–Crippen LogP) is 4.98. The van der Waals surface area contributed by atoms with Crippen molar-refractivity contribution in [2.45, 2.75) is 13.1 Å². The van der Waals surface area contributed by atoms with Crippen molar-refractivity contribution in [3.63, 3.8) is 0 Å². The van der Waals surface area contributed by atoms with Crippen LogP contribution in [0.15, 0.2) is 66.2 Å². The van der Waals surface area contributed by atoms with Crippen LogP contribution in [0.25, 0.3) is 6.08 Å². The maximum atomic E-state index is 12.8. The number of benzene rings is 1. The van der Waals surface area contributed by atoms with E-state index in [9.17, 15) is 4.79 Å². The van der Waals surface area contributed by atoms with Gasteiger partial charge < -0.3 is 9.47 Å². The molecule has 1 aromatic carbocycles. The van der Waals surface area contributed by atoms with E-state index in [4.69, 9.17) is 11.6 Å². The van der Waals surface area contributed by atoms with Gasteiger partial charge in [0, 0.05) is 34.9 Å². The fourth-order valence-corrected chi connectivity index (χ4v) is 3.45. The average molecular weight is 371 g/mol. The number of thiophene rings is 1. The summed E-state index contributed by atoms with van der Waals surface area (Å²) in [4.78, 5) is 15.8. The van der Waals surface area contributed by atoms with Crippen LogP contribution in [0, 0.1) is 0 Å². The minimum Gasteiger partial charge on any atom is -0.353 e. The number of hydrogen-bond donors (Lipinski definition) is 0. The lowest BCUT2D eigenvalue weighted by molar-refractivity contribution is -0.127. The number of amides is 1. The molecule has 0 atom stereocenters. The molecule has 128 valence electrons. The predicted molar refractivity (Wildman–Crippen MR) is 104 cm³/mol. The molecule has 2 heterocycles. The molecule has 3 nitrogen and oxygen atoms in total. The van der Waals surface area contributed by atoms with Crippen LogP contribution in [0.2, 0.25) is 5.02 Å². The van der Waals surface area contributed by atoms with Gasteiger partial charge in [-0.2, -0.15) is 0 Å². The van der Waals surface area contributed by atoms with Gasteiger partial charge in [-0.05, 0) is 41.3 Å². The largest absolute Gasteiger partial charge is 0.353 e. The van der Waals surface area contributed by atoms with Crippen molar-refractivity contribution < 1.29 is 4.79 Å². The second kappa shape index (κ2) is 8.19. The van der Waals surface area contributed by atoms with E-state index in [-0.39, 0.29) is 5.91 Å². The van der Waals surface area contributed by atoms with Crippen LogP contribution in [-0.4, -0.2) is 15.4 Å². The second-order valence-corrected chi connectivity index (χ2v) is 7.18. The Balaban J connectivity index is 1.79. The summed E-state index contributed by atoms with van der Waals surface area (Å²) < 4.78 is 2.03. The maximum Gasteiger partial charge on any atom is 0.247 e. The summed E-state index contributed by atoms with van der Waals surface area (Å²) in [6.07, 6.45) is 5.36. The van der Waals surface area contributed by atoms with Gasteiger partial charge in [0.1, 0.15) is 0 Å². The minimum absolute atomic E-state index is 0.0329. The monoisotopic (exact) mass is 370 g/mol. The highest BCUT2D eigenvalue weighted by Crippen LogP contribution is 2.18. The molecule has 5 heteroatoms. The summed E-state index contributed by atoms with van der Waals surface area (Å²) in [5, 5.41) is 2.67. The van der Waals surface area contributed by atoms with Crippen LogP contribution in [-0.2, 0) is 24.9 Å². The Kier molecular flexibility index (Phi) is 5.74. The van der Waals surface area contributed by atoms with Crippen molar-refractivity contribution in [2.24, 2.45) is 7.05 Å². The first kappa shape index (κ1) is 17.5. The van der Waals surface area contributed by atoms with E-state index in [1.165, 1.54) is 0 Å². The summed E-state index contributed by atoms with van der Waals surface area (Å²) in [5.74, 6) is -0.0329. The van der Waals surface area contributed by atoms with Crippen LogP contribution >= 0.6 is 22.9 Å². The van der Waals surface area contributed by atoms with Gasteiger partial charge in [-0.25, -0.2) is 0 Å². The first-order chi connectivity index (χ1) is 12.1. The zero-order chi connectivity index (χ0) is 17.6. The minimum atomic E-state index is -0.0329. The van der Waals surface area contributed by atoms with Gasteiger partial charge in [-0.15, -0.1) is 11.3 Å². The Bertz CT molecular complexity index is 867. The fourth-order valence-electron chi connectivity index (χ4n) is 2.54. The lowest BCUT2D eigenvalue weighted by Gasteiger charge is -2.21. The average Bonchev–Trinajstić information content (AvgIpc) is 3.25. The van der Waals surface area contributed by atoms with Crippen LogP contribution in [0.1, 0.15) is 16.1 Å². The lowest BCUT2D eigenvalue weighted by Crippen LogP contribution is -2.29. The molecule has 0 spiro atoms. The van der Waals surface area contributed by atoms with Gasteiger partial charge in [-0.1, -0.05) is 35.9 Å². The third kappa shape index (κ3) is 4.62. The van der Waals surface area contributed by atoms with E-state index in [0.29, 0.717) is 18.1 Å². The van der Waals surface area contributed by atoms with Crippen molar-refractivity contribution >= 4 is 34.9 Å². The van der Waals surface area contributed by atoms with E-state index < -0.39 is 0 Å². The van der Waals surface area contributed by atoms with Gasteiger partial charge in [0.15, 0.2) is 0 Å². The molecular formula is C20H19ClN2OS. The van der Waals surface area contributed by atoms with E-state index in [1.54, 1.807) is 23.5 Å². The lowest BCUT2D eigenvalue weighted by atomic mass is 10.2. The third-order valence-electron chi connectivity index (χ3n) is 3.95. The van der Waals surface area contributed by atoms with Gasteiger partial charge in [0.2, 0.25) is 5.91 Å². The van der Waals surface area contributed by atoms with Gasteiger partial charge in [0.05, 0.1) is 13.1 Å². The van der Waals surface area contributed by atoms with Crippen molar-refractivity contribution in [3.05, 3.63) is 87.3 Å². The number of rotatable bonds is 6. The Hall–Kier alpha value is -2.30. The summed E-state index contributed by atoms with van der Waals surface area (Å²) in [6.45, 7) is 1.15. The standard InChI is InChI=1S/C20H19ClN2OS/c1-22-12-4-7-17(22)14-23(15-18-8-5-13-25-18)20(24)11-10-16-6-2-3-9-19(16)21/h2-13H,14-15H2,1H3/b11-10+. The zero-order valence-corrected chi connectivity index (χ0v) is 15.5. The molecular weight excluding hydrogens is 352 g/mol. The van der Waals surface area contributed by atoms with E-state index in [1.807, 2.05) is 76.6 Å². The van der Waals surface area contributed by atoms with Gasteiger partial charge >= 0.3 is 0 Å². The molecule has 2 aromatic heterocycles. The topological polar surface area (TPSA) is 25.2 Å². The van der Waals surface area contributed by atoms with Crippen molar-refractivity contribution in [1.82, 2.24) is 9.47 Å². The maximum absolute atomic E-state index is 12.8. The summed E-state index contributed by atoms with van der Waals surface area (Å²) in [7, 11) is 1.99. The number of carbonyl (C=O) groups is 1. The molecule has 3 rings (SSSR count). The number of nitrogens with zero attached hydrogens (tertiary/aromatic N) is 2. The molecule has 0 saturated heterocycles. The highest BCUT2D eigenvalue weighted by atomic mass is 35.5. The SMILES string of the molecule is Cn1cccc1CN(Cc1cccs1)C(=O)/C=C/c1ccccc1Cl. The third-order valence-corrected chi connectivity index (χ3v) is 5.16. The normalized spacial score (nSPS) is 11.1. The smallest absolute Gasteiger partial charge is 0.247 e. The quantitative estimate of drug-likeness (QED) is 0.561. The molecule has 0 aliphatic carbocycles. The van der Waals surface area contributed by atoms with E-state index in [0.717, 1.165) is 16.1 Å². The summed E-state index contributed by atoms with van der Waals surface area (Å²) in [6, 6.07) is 15.6. The molecule has 3 aromatic rings. The second-order valence-electron chi connectivity index (χ2n) is 5.74. The number of hydrogen-bond acceptors (Lipinski definition) is 2. The van der Waals surface area contributed by atoms with E-state index >= 15 is 0 Å². The molecule has 0 N–H and O–H groups in total. The number of aromatic nitrogens is 1. The number of carbonyl (C=O) groups excluding carboxylic acids is 1. The first-order valence-electron chi connectivity index (χ1n) is 7.97. The Labute approximate surface area is 156 Å². The highest BCUT2D eigenvalue weighted by molar-refractivity contribution is 7.09. The van der Waals surface area contributed by atoms with Crippen molar-refractivity contribution in [3.8, 4) is 0 Å². The first-order valence-corrected chi connectivity index (χ1v) is 9.23.